The molecule has 0 bridgehead atoms. The smallest absolute Gasteiger partial charge is 0.123 e. The Hall–Kier alpha value is -0.900. The molecule has 0 radical (unpaired) electrons. The first kappa shape index (κ1) is 10.6. The van der Waals surface area contributed by atoms with Crippen molar-refractivity contribution in [1.82, 2.24) is 4.98 Å². The lowest BCUT2D eigenvalue weighted by Crippen LogP contribution is -1.81. The third kappa shape index (κ3) is 2.20. The summed E-state index contributed by atoms with van der Waals surface area (Å²) in [7, 11) is 0. The normalized spacial score (nSPS) is 10.6. The predicted octanol–water partition coefficient (Wildman–Crippen LogP) is 3.26. The maximum Gasteiger partial charge on any atom is 0.123 e. The number of benzene rings is 1. The maximum atomic E-state index is 8.96. The van der Waals surface area contributed by atoms with Crippen molar-refractivity contribution >= 4 is 22.9 Å². The van der Waals surface area contributed by atoms with Crippen LogP contribution < -0.4 is 0 Å². The molecule has 78 valence electrons. The van der Waals surface area contributed by atoms with Gasteiger partial charge in [0.25, 0.3) is 0 Å². The highest BCUT2D eigenvalue weighted by atomic mass is 35.5. The summed E-state index contributed by atoms with van der Waals surface area (Å²) in [6.45, 7) is 2.05. The number of aliphatic hydroxyl groups excluding tert-OH is 1. The number of nitrogens with zero attached hydrogens (tertiary/aromatic N) is 1. The van der Waals surface area contributed by atoms with E-state index < -0.39 is 0 Å². The Balaban J connectivity index is 2.44. The number of halogens is 1. The van der Waals surface area contributed by atoms with Crippen LogP contribution in [0.15, 0.2) is 24.4 Å². The molecule has 2 rings (SSSR count). The topological polar surface area (TPSA) is 33.1 Å². The van der Waals surface area contributed by atoms with Crippen molar-refractivity contribution in [2.75, 3.05) is 0 Å². The SMILES string of the molecule is Cc1cc(Cl)ccc1-c1ncc(CO)s1. The van der Waals surface area contributed by atoms with E-state index in [0.29, 0.717) is 0 Å². The van der Waals surface area contributed by atoms with Crippen LogP contribution in [0.25, 0.3) is 10.6 Å². The summed E-state index contributed by atoms with van der Waals surface area (Å²) in [6, 6.07) is 5.72. The van der Waals surface area contributed by atoms with E-state index in [9.17, 15) is 0 Å². The first-order chi connectivity index (χ1) is 7.20. The van der Waals surface area contributed by atoms with Crippen molar-refractivity contribution in [2.45, 2.75) is 13.5 Å². The first-order valence-corrected chi connectivity index (χ1v) is 5.72. The molecule has 0 saturated carbocycles. The van der Waals surface area contributed by atoms with E-state index >= 15 is 0 Å². The summed E-state index contributed by atoms with van der Waals surface area (Å²) in [5.41, 5.74) is 2.17. The molecule has 1 aromatic heterocycles. The molecule has 0 saturated heterocycles. The van der Waals surface area contributed by atoms with Gasteiger partial charge in [-0.05, 0) is 24.6 Å². The Labute approximate surface area is 97.2 Å². The lowest BCUT2D eigenvalue weighted by Gasteiger charge is -2.01. The number of rotatable bonds is 2. The van der Waals surface area contributed by atoms with E-state index in [0.717, 1.165) is 26.0 Å². The molecule has 0 unspecified atom stereocenters. The lowest BCUT2D eigenvalue weighted by molar-refractivity contribution is 0.285. The molecule has 1 aromatic carbocycles. The molecular weight excluding hydrogens is 230 g/mol. The van der Waals surface area contributed by atoms with Gasteiger partial charge in [-0.25, -0.2) is 4.98 Å². The van der Waals surface area contributed by atoms with Crippen LogP contribution in [-0.2, 0) is 6.61 Å². The summed E-state index contributed by atoms with van der Waals surface area (Å²) < 4.78 is 0. The van der Waals surface area contributed by atoms with Crippen LogP contribution in [0.3, 0.4) is 0 Å². The van der Waals surface area contributed by atoms with Crippen molar-refractivity contribution in [3.63, 3.8) is 0 Å². The Kier molecular flexibility index (Phi) is 3.05. The van der Waals surface area contributed by atoms with E-state index in [1.54, 1.807) is 6.20 Å². The highest BCUT2D eigenvalue weighted by Gasteiger charge is 2.07. The summed E-state index contributed by atoms with van der Waals surface area (Å²) in [5.74, 6) is 0. The van der Waals surface area contributed by atoms with Crippen LogP contribution in [0.1, 0.15) is 10.4 Å². The lowest BCUT2D eigenvalue weighted by atomic mass is 10.1. The molecule has 15 heavy (non-hydrogen) atoms. The zero-order valence-corrected chi connectivity index (χ0v) is 9.77. The fourth-order valence-corrected chi connectivity index (χ4v) is 2.46. The van der Waals surface area contributed by atoms with E-state index in [1.807, 2.05) is 25.1 Å². The Morgan fingerprint density at radius 1 is 1.47 bits per heavy atom. The number of thiazole rings is 1. The van der Waals surface area contributed by atoms with Gasteiger partial charge in [0.05, 0.1) is 11.5 Å². The minimum atomic E-state index is 0.0459. The number of aliphatic hydroxyl groups is 1. The average molecular weight is 240 g/mol. The largest absolute Gasteiger partial charge is 0.391 e. The molecule has 0 atom stereocenters. The Morgan fingerprint density at radius 3 is 2.87 bits per heavy atom. The maximum absolute atomic E-state index is 8.96. The van der Waals surface area contributed by atoms with Gasteiger partial charge in [-0.2, -0.15) is 0 Å². The first-order valence-electron chi connectivity index (χ1n) is 4.53. The minimum absolute atomic E-state index is 0.0459. The second-order valence-corrected chi connectivity index (χ2v) is 4.80. The molecule has 0 spiro atoms. The molecule has 2 aromatic rings. The van der Waals surface area contributed by atoms with Gasteiger partial charge in [0, 0.05) is 16.8 Å². The van der Waals surface area contributed by atoms with E-state index in [4.69, 9.17) is 16.7 Å². The van der Waals surface area contributed by atoms with Crippen LogP contribution in [0.4, 0.5) is 0 Å². The van der Waals surface area contributed by atoms with Gasteiger partial charge in [-0.1, -0.05) is 17.7 Å². The zero-order chi connectivity index (χ0) is 10.8. The molecule has 0 amide bonds. The van der Waals surface area contributed by atoms with Crippen LogP contribution in [0, 0.1) is 6.92 Å². The second-order valence-electron chi connectivity index (χ2n) is 3.25. The second kappa shape index (κ2) is 4.31. The quantitative estimate of drug-likeness (QED) is 0.873. The van der Waals surface area contributed by atoms with Crippen molar-refractivity contribution in [2.24, 2.45) is 0 Å². The van der Waals surface area contributed by atoms with Gasteiger partial charge in [-0.15, -0.1) is 11.3 Å². The minimum Gasteiger partial charge on any atom is -0.391 e. The monoisotopic (exact) mass is 239 g/mol. The van der Waals surface area contributed by atoms with Crippen molar-refractivity contribution < 1.29 is 5.11 Å². The summed E-state index contributed by atoms with van der Waals surface area (Å²) in [4.78, 5) is 5.14. The fraction of sp³-hybridized carbons (Fsp3) is 0.182. The number of aromatic nitrogens is 1. The van der Waals surface area contributed by atoms with E-state index in [-0.39, 0.29) is 6.61 Å². The molecule has 0 aliphatic heterocycles. The molecule has 2 nitrogen and oxygen atoms in total. The Bertz CT molecular complexity index is 481. The van der Waals surface area contributed by atoms with Gasteiger partial charge < -0.3 is 5.11 Å². The predicted molar refractivity (Wildman–Crippen MR) is 63.2 cm³/mol. The van der Waals surface area contributed by atoms with Gasteiger partial charge >= 0.3 is 0 Å². The summed E-state index contributed by atoms with van der Waals surface area (Å²) >= 11 is 7.38. The number of hydrogen-bond acceptors (Lipinski definition) is 3. The standard InChI is InChI=1S/C11H10ClNOS/c1-7-4-8(12)2-3-10(7)11-13-5-9(6-14)15-11/h2-5,14H,6H2,1H3. The third-order valence-corrected chi connectivity index (χ3v) is 3.38. The van der Waals surface area contributed by atoms with Gasteiger partial charge in [0.2, 0.25) is 0 Å². The summed E-state index contributed by atoms with van der Waals surface area (Å²) in [6.07, 6.45) is 1.70. The number of hydrogen-bond donors (Lipinski definition) is 1. The van der Waals surface area contributed by atoms with Gasteiger partial charge in [0.1, 0.15) is 5.01 Å². The third-order valence-electron chi connectivity index (χ3n) is 2.13. The van der Waals surface area contributed by atoms with Crippen molar-refractivity contribution in [3.05, 3.63) is 39.9 Å². The molecule has 0 aliphatic rings. The molecule has 0 fully saturated rings. The molecule has 1 heterocycles. The molecular formula is C11H10ClNOS. The molecule has 1 N–H and O–H groups in total. The van der Waals surface area contributed by atoms with E-state index in [1.165, 1.54) is 11.3 Å². The fourth-order valence-electron chi connectivity index (χ4n) is 1.37. The number of aryl methyl sites for hydroxylation is 1. The molecule has 4 heteroatoms. The highest BCUT2D eigenvalue weighted by Crippen LogP contribution is 2.29. The average Bonchev–Trinajstić information content (AvgIpc) is 2.66. The van der Waals surface area contributed by atoms with Crippen molar-refractivity contribution in [1.29, 1.82) is 0 Å². The van der Waals surface area contributed by atoms with Crippen LogP contribution in [0.2, 0.25) is 5.02 Å². The van der Waals surface area contributed by atoms with Crippen LogP contribution in [-0.4, -0.2) is 10.1 Å². The van der Waals surface area contributed by atoms with Crippen molar-refractivity contribution in [3.8, 4) is 10.6 Å². The Morgan fingerprint density at radius 2 is 2.27 bits per heavy atom. The van der Waals surface area contributed by atoms with Gasteiger partial charge in [0.15, 0.2) is 0 Å². The molecule has 0 aliphatic carbocycles. The van der Waals surface area contributed by atoms with E-state index in [2.05, 4.69) is 4.98 Å². The zero-order valence-electron chi connectivity index (χ0n) is 8.20. The van der Waals surface area contributed by atoms with Crippen LogP contribution in [0.5, 0.6) is 0 Å². The van der Waals surface area contributed by atoms with Gasteiger partial charge in [-0.3, -0.25) is 0 Å². The van der Waals surface area contributed by atoms with Crippen LogP contribution >= 0.6 is 22.9 Å². The highest BCUT2D eigenvalue weighted by molar-refractivity contribution is 7.15. The summed E-state index contributed by atoms with van der Waals surface area (Å²) in [5, 5.41) is 10.6.